The maximum atomic E-state index is 13.8. The maximum absolute atomic E-state index is 13.8. The first-order valence-corrected chi connectivity index (χ1v) is 6.34. The minimum absolute atomic E-state index is 0.0322. The van der Waals surface area contributed by atoms with Crippen LogP contribution in [0.3, 0.4) is 0 Å². The Bertz CT molecular complexity index is 672. The van der Waals surface area contributed by atoms with Gasteiger partial charge in [-0.2, -0.15) is 0 Å². The van der Waals surface area contributed by atoms with Gasteiger partial charge in [0, 0.05) is 31.0 Å². The Morgan fingerprint density at radius 1 is 1.48 bits per heavy atom. The molecule has 0 radical (unpaired) electrons. The molecule has 0 saturated heterocycles. The van der Waals surface area contributed by atoms with Gasteiger partial charge >= 0.3 is 0 Å². The Hall–Kier alpha value is -2.65. The molecule has 0 unspecified atom stereocenters. The Labute approximate surface area is 121 Å². The van der Waals surface area contributed by atoms with E-state index in [9.17, 15) is 9.18 Å². The van der Waals surface area contributed by atoms with Crippen LogP contribution in [0.15, 0.2) is 36.9 Å². The molecule has 21 heavy (non-hydrogen) atoms. The molecule has 1 aromatic carbocycles. The quantitative estimate of drug-likeness (QED) is 0.817. The van der Waals surface area contributed by atoms with Gasteiger partial charge in [0.25, 0.3) is 5.91 Å². The molecule has 0 aliphatic rings. The summed E-state index contributed by atoms with van der Waals surface area (Å²) in [6.07, 6.45) is 5.07. The number of aromatic nitrogens is 2. The third-order valence-corrected chi connectivity index (χ3v) is 2.74. The first-order chi connectivity index (χ1) is 10.2. The monoisotopic (exact) mass is 287 g/mol. The van der Waals surface area contributed by atoms with Crippen LogP contribution in [0, 0.1) is 17.7 Å². The van der Waals surface area contributed by atoms with Crippen LogP contribution in [-0.2, 0) is 6.54 Å². The zero-order chi connectivity index (χ0) is 15.1. The fourth-order valence-corrected chi connectivity index (χ4v) is 1.73. The largest absolute Gasteiger partial charge is 0.384 e. The minimum atomic E-state index is -0.639. The second-order valence-corrected chi connectivity index (χ2v) is 4.21. The van der Waals surface area contributed by atoms with Gasteiger partial charge in [0.15, 0.2) is 0 Å². The maximum Gasteiger partial charge on any atom is 0.254 e. The van der Waals surface area contributed by atoms with Gasteiger partial charge in [0.05, 0.1) is 11.9 Å². The molecule has 0 saturated carbocycles. The van der Waals surface area contributed by atoms with E-state index in [1.807, 2.05) is 4.57 Å². The van der Waals surface area contributed by atoms with Gasteiger partial charge < -0.3 is 15.0 Å². The second kappa shape index (κ2) is 7.22. The van der Waals surface area contributed by atoms with E-state index in [0.29, 0.717) is 18.7 Å². The molecular weight excluding hydrogens is 273 g/mol. The number of nitrogens with one attached hydrogen (secondary N) is 1. The number of benzene rings is 1. The van der Waals surface area contributed by atoms with Crippen LogP contribution in [0.1, 0.15) is 15.9 Å². The smallest absolute Gasteiger partial charge is 0.254 e. The summed E-state index contributed by atoms with van der Waals surface area (Å²) in [5, 5.41) is 11.2. The van der Waals surface area contributed by atoms with Crippen molar-refractivity contribution in [2.75, 3.05) is 13.2 Å². The van der Waals surface area contributed by atoms with E-state index < -0.39 is 11.7 Å². The van der Waals surface area contributed by atoms with Crippen molar-refractivity contribution in [3.05, 3.63) is 53.9 Å². The van der Waals surface area contributed by atoms with Crippen LogP contribution in [0.25, 0.3) is 0 Å². The molecule has 0 spiro atoms. The molecule has 0 aliphatic carbocycles. The van der Waals surface area contributed by atoms with Crippen LogP contribution >= 0.6 is 0 Å². The summed E-state index contributed by atoms with van der Waals surface area (Å²) < 4.78 is 15.6. The lowest BCUT2D eigenvalue weighted by atomic mass is 10.1. The molecule has 1 heterocycles. The normalized spacial score (nSPS) is 9.81. The molecule has 5 nitrogen and oxygen atoms in total. The summed E-state index contributed by atoms with van der Waals surface area (Å²) in [4.78, 5) is 15.8. The minimum Gasteiger partial charge on any atom is -0.384 e. The number of nitrogens with zero attached hydrogens (tertiary/aromatic N) is 2. The predicted octanol–water partition coefficient (Wildman–Crippen LogP) is 0.796. The van der Waals surface area contributed by atoms with Gasteiger partial charge in [-0.3, -0.25) is 4.79 Å². The molecule has 0 fully saturated rings. The lowest BCUT2D eigenvalue weighted by molar-refractivity contribution is 0.0948. The van der Waals surface area contributed by atoms with E-state index in [1.54, 1.807) is 18.7 Å². The van der Waals surface area contributed by atoms with Crippen molar-refractivity contribution in [3.8, 4) is 11.8 Å². The molecule has 1 aromatic heterocycles. The van der Waals surface area contributed by atoms with Crippen molar-refractivity contribution in [3.63, 3.8) is 0 Å². The first-order valence-electron chi connectivity index (χ1n) is 6.34. The summed E-state index contributed by atoms with van der Waals surface area (Å²) in [6.45, 7) is 0.645. The number of imidazole rings is 1. The summed E-state index contributed by atoms with van der Waals surface area (Å²) in [6, 6.07) is 4.09. The summed E-state index contributed by atoms with van der Waals surface area (Å²) in [5.41, 5.74) is 0.381. The Balaban J connectivity index is 1.95. The highest BCUT2D eigenvalue weighted by atomic mass is 19.1. The van der Waals surface area contributed by atoms with Gasteiger partial charge in [0.2, 0.25) is 0 Å². The highest BCUT2D eigenvalue weighted by molar-refractivity contribution is 5.94. The van der Waals surface area contributed by atoms with Gasteiger partial charge in [0.1, 0.15) is 12.4 Å². The van der Waals surface area contributed by atoms with E-state index in [2.05, 4.69) is 22.1 Å². The zero-order valence-electron chi connectivity index (χ0n) is 11.2. The molecular formula is C15H14FN3O2. The molecule has 2 N–H and O–H groups in total. The first kappa shape index (κ1) is 14.8. The fourth-order valence-electron chi connectivity index (χ4n) is 1.73. The fraction of sp³-hybridized carbons (Fsp3) is 0.200. The van der Waals surface area contributed by atoms with Crippen LogP contribution in [0.5, 0.6) is 0 Å². The van der Waals surface area contributed by atoms with Gasteiger partial charge in [-0.1, -0.05) is 11.8 Å². The van der Waals surface area contributed by atoms with Crippen molar-refractivity contribution < 1.29 is 14.3 Å². The van der Waals surface area contributed by atoms with E-state index >= 15 is 0 Å². The van der Waals surface area contributed by atoms with E-state index in [4.69, 9.17) is 5.11 Å². The third-order valence-electron chi connectivity index (χ3n) is 2.74. The number of carbonyl (C=O) groups excluding carboxylic acids is 1. The molecule has 2 rings (SSSR count). The molecule has 108 valence electrons. The predicted molar refractivity (Wildman–Crippen MR) is 74.9 cm³/mol. The van der Waals surface area contributed by atoms with Crippen molar-refractivity contribution in [2.24, 2.45) is 0 Å². The number of carbonyl (C=O) groups is 1. The van der Waals surface area contributed by atoms with E-state index in [0.717, 1.165) is 0 Å². The van der Waals surface area contributed by atoms with Crippen molar-refractivity contribution in [1.29, 1.82) is 0 Å². The van der Waals surface area contributed by atoms with Gasteiger partial charge in [-0.15, -0.1) is 0 Å². The molecule has 0 atom stereocenters. The summed E-state index contributed by atoms with van der Waals surface area (Å²) in [5.74, 6) is 3.88. The number of halogens is 1. The molecule has 6 heteroatoms. The molecule has 1 amide bonds. The Morgan fingerprint density at radius 2 is 2.33 bits per heavy atom. The third kappa shape index (κ3) is 4.16. The standard InChI is InChI=1S/C15H14FN3O2/c16-14-10-12(2-1-9-20)3-4-13(14)15(21)18-6-8-19-7-5-17-11-19/h3-5,7,10-11,20H,6,8-9H2,(H,18,21). The average molecular weight is 287 g/mol. The topological polar surface area (TPSA) is 67.2 Å². The second-order valence-electron chi connectivity index (χ2n) is 4.21. The van der Waals surface area contributed by atoms with E-state index in [1.165, 1.54) is 18.2 Å². The summed E-state index contributed by atoms with van der Waals surface area (Å²) in [7, 11) is 0. The Kier molecular flexibility index (Phi) is 5.07. The molecule has 0 aliphatic heterocycles. The lowest BCUT2D eigenvalue weighted by Crippen LogP contribution is -2.27. The number of aliphatic hydroxyl groups excluding tert-OH is 1. The lowest BCUT2D eigenvalue weighted by Gasteiger charge is -2.07. The number of amides is 1. The van der Waals surface area contributed by atoms with Gasteiger partial charge in [-0.05, 0) is 18.2 Å². The molecule has 2 aromatic rings. The zero-order valence-corrected chi connectivity index (χ0v) is 11.2. The van der Waals surface area contributed by atoms with Crippen LogP contribution < -0.4 is 5.32 Å². The number of hydrogen-bond donors (Lipinski definition) is 2. The summed E-state index contributed by atoms with van der Waals surface area (Å²) >= 11 is 0. The SMILES string of the molecule is O=C(NCCn1ccnc1)c1ccc(C#CCO)cc1F. The number of rotatable bonds is 4. The average Bonchev–Trinajstić information content (AvgIpc) is 2.98. The molecule has 0 bridgehead atoms. The Morgan fingerprint density at radius 3 is 3.00 bits per heavy atom. The number of hydrogen-bond acceptors (Lipinski definition) is 3. The van der Waals surface area contributed by atoms with Crippen LogP contribution in [-0.4, -0.2) is 33.7 Å². The number of aliphatic hydroxyl groups is 1. The van der Waals surface area contributed by atoms with E-state index in [-0.39, 0.29) is 12.2 Å². The van der Waals surface area contributed by atoms with Crippen LogP contribution in [0.2, 0.25) is 0 Å². The van der Waals surface area contributed by atoms with Crippen molar-refractivity contribution in [1.82, 2.24) is 14.9 Å². The highest BCUT2D eigenvalue weighted by Gasteiger charge is 2.11. The highest BCUT2D eigenvalue weighted by Crippen LogP contribution is 2.09. The van der Waals surface area contributed by atoms with Crippen molar-refractivity contribution in [2.45, 2.75) is 6.54 Å². The van der Waals surface area contributed by atoms with Crippen LogP contribution in [0.4, 0.5) is 4.39 Å². The van der Waals surface area contributed by atoms with Crippen molar-refractivity contribution >= 4 is 5.91 Å². The van der Waals surface area contributed by atoms with Gasteiger partial charge in [-0.25, -0.2) is 9.37 Å².